The van der Waals surface area contributed by atoms with E-state index in [0.717, 1.165) is 30.4 Å². The Kier molecular flexibility index (Phi) is 7.69. The van der Waals surface area contributed by atoms with Crippen LogP contribution in [0.5, 0.6) is 5.75 Å². The molecule has 3 rings (SSSR count). The minimum Gasteiger partial charge on any atom is -0.468 e. The Morgan fingerprint density at radius 3 is 2.42 bits per heavy atom. The molecule has 31 heavy (non-hydrogen) atoms. The SMILES string of the molecule is COC(=O)C(c1ccccc1)C1CCCCN1C(=O)Oc1cccc([C@@H](C)N(C)C)c1. The minimum absolute atomic E-state index is 0.197. The number of rotatable bonds is 6. The Morgan fingerprint density at radius 2 is 1.74 bits per heavy atom. The summed E-state index contributed by atoms with van der Waals surface area (Å²) in [4.78, 5) is 29.7. The Labute approximate surface area is 184 Å². The van der Waals surface area contributed by atoms with Gasteiger partial charge in [-0.25, -0.2) is 4.79 Å². The van der Waals surface area contributed by atoms with Crippen molar-refractivity contribution in [1.82, 2.24) is 9.80 Å². The van der Waals surface area contributed by atoms with Crippen LogP contribution in [0.3, 0.4) is 0 Å². The molecule has 3 atom stereocenters. The van der Waals surface area contributed by atoms with Crippen molar-refractivity contribution in [3.05, 3.63) is 65.7 Å². The van der Waals surface area contributed by atoms with Gasteiger partial charge in [0.2, 0.25) is 0 Å². The maximum atomic E-state index is 13.2. The molecule has 0 aliphatic carbocycles. The number of esters is 1. The van der Waals surface area contributed by atoms with E-state index in [-0.39, 0.29) is 18.1 Å². The highest BCUT2D eigenvalue weighted by atomic mass is 16.6. The van der Waals surface area contributed by atoms with Crippen LogP contribution >= 0.6 is 0 Å². The molecule has 2 aromatic carbocycles. The quantitative estimate of drug-likeness (QED) is 0.634. The van der Waals surface area contributed by atoms with E-state index >= 15 is 0 Å². The van der Waals surface area contributed by atoms with Gasteiger partial charge >= 0.3 is 12.1 Å². The van der Waals surface area contributed by atoms with Crippen LogP contribution in [0, 0.1) is 0 Å². The Bertz CT molecular complexity index is 884. The number of hydrogen-bond acceptors (Lipinski definition) is 5. The molecule has 0 saturated carbocycles. The zero-order chi connectivity index (χ0) is 22.4. The Morgan fingerprint density at radius 1 is 1.03 bits per heavy atom. The van der Waals surface area contributed by atoms with Crippen LogP contribution in [0.25, 0.3) is 0 Å². The number of ether oxygens (including phenoxy) is 2. The maximum Gasteiger partial charge on any atom is 0.415 e. The van der Waals surface area contributed by atoms with Crippen molar-refractivity contribution in [3.63, 3.8) is 0 Å². The minimum atomic E-state index is -0.542. The molecule has 0 radical (unpaired) electrons. The van der Waals surface area contributed by atoms with Gasteiger partial charge in [-0.1, -0.05) is 42.5 Å². The predicted octanol–water partition coefficient (Wildman–Crippen LogP) is 4.62. The molecule has 1 saturated heterocycles. The first-order valence-corrected chi connectivity index (χ1v) is 10.8. The fraction of sp³-hybridized carbons (Fsp3) is 0.440. The number of carbonyl (C=O) groups excluding carboxylic acids is 2. The van der Waals surface area contributed by atoms with E-state index in [2.05, 4.69) is 11.8 Å². The van der Waals surface area contributed by atoms with Crippen LogP contribution in [-0.4, -0.2) is 55.7 Å². The number of benzene rings is 2. The lowest BCUT2D eigenvalue weighted by atomic mass is 9.85. The van der Waals surface area contributed by atoms with E-state index in [4.69, 9.17) is 9.47 Å². The highest BCUT2D eigenvalue weighted by Crippen LogP contribution is 2.32. The largest absolute Gasteiger partial charge is 0.468 e. The lowest BCUT2D eigenvalue weighted by Gasteiger charge is -2.38. The van der Waals surface area contributed by atoms with Crippen molar-refractivity contribution >= 4 is 12.1 Å². The van der Waals surface area contributed by atoms with Gasteiger partial charge in [-0.05, 0) is 63.5 Å². The van der Waals surface area contributed by atoms with Crippen molar-refractivity contribution in [1.29, 1.82) is 0 Å². The summed E-state index contributed by atoms with van der Waals surface area (Å²) in [5.41, 5.74) is 1.92. The summed E-state index contributed by atoms with van der Waals surface area (Å²) in [5, 5.41) is 0. The Balaban J connectivity index is 1.83. The van der Waals surface area contributed by atoms with Crippen LogP contribution < -0.4 is 4.74 Å². The second-order valence-corrected chi connectivity index (χ2v) is 8.25. The van der Waals surface area contributed by atoms with Crippen molar-refractivity contribution in [3.8, 4) is 5.75 Å². The standard InChI is InChI=1S/C25H32N2O4/c1-18(26(2)3)20-13-10-14-21(17-20)31-25(29)27-16-9-8-15-22(27)23(24(28)30-4)19-11-6-5-7-12-19/h5-7,10-14,17-18,22-23H,8-9,15-16H2,1-4H3/t18-,22?,23?/m1/s1. The number of piperidine rings is 1. The molecule has 0 spiro atoms. The predicted molar refractivity (Wildman–Crippen MR) is 120 cm³/mol. The molecule has 6 heteroatoms. The van der Waals surface area contributed by atoms with Crippen molar-refractivity contribution < 1.29 is 19.1 Å². The average Bonchev–Trinajstić information content (AvgIpc) is 2.79. The van der Waals surface area contributed by atoms with E-state index in [1.807, 2.05) is 62.6 Å². The van der Waals surface area contributed by atoms with Gasteiger partial charge < -0.3 is 19.3 Å². The molecule has 1 aliphatic rings. The van der Waals surface area contributed by atoms with Gasteiger partial charge in [0.05, 0.1) is 13.2 Å². The second-order valence-electron chi connectivity index (χ2n) is 8.25. The summed E-state index contributed by atoms with van der Waals surface area (Å²) < 4.78 is 10.9. The van der Waals surface area contributed by atoms with Crippen LogP contribution in [0.15, 0.2) is 54.6 Å². The third-order valence-electron chi connectivity index (χ3n) is 6.10. The first kappa shape index (κ1) is 22.8. The normalized spacial score (nSPS) is 18.4. The number of amides is 1. The third-order valence-corrected chi connectivity index (χ3v) is 6.10. The summed E-state index contributed by atoms with van der Waals surface area (Å²) >= 11 is 0. The molecular weight excluding hydrogens is 392 g/mol. The lowest BCUT2D eigenvalue weighted by molar-refractivity contribution is -0.144. The second kappa shape index (κ2) is 10.4. The molecule has 0 bridgehead atoms. The van der Waals surface area contributed by atoms with Crippen molar-refractivity contribution in [2.45, 2.75) is 44.2 Å². The van der Waals surface area contributed by atoms with Crippen LogP contribution in [0.4, 0.5) is 4.79 Å². The van der Waals surface area contributed by atoms with Crippen molar-refractivity contribution in [2.75, 3.05) is 27.7 Å². The molecule has 0 aromatic heterocycles. The Hall–Kier alpha value is -2.86. The van der Waals surface area contributed by atoms with Gasteiger partial charge in [0.1, 0.15) is 11.7 Å². The molecular formula is C25H32N2O4. The van der Waals surface area contributed by atoms with Gasteiger partial charge in [-0.3, -0.25) is 4.79 Å². The van der Waals surface area contributed by atoms with E-state index in [0.29, 0.717) is 12.3 Å². The number of likely N-dealkylation sites (tertiary alicyclic amines) is 1. The topological polar surface area (TPSA) is 59.1 Å². The van der Waals surface area contributed by atoms with E-state index in [9.17, 15) is 9.59 Å². The molecule has 1 fully saturated rings. The first-order chi connectivity index (χ1) is 14.9. The number of carbonyl (C=O) groups is 2. The van der Waals surface area contributed by atoms with E-state index in [1.54, 1.807) is 11.0 Å². The average molecular weight is 425 g/mol. The molecule has 166 valence electrons. The summed E-state index contributed by atoms with van der Waals surface area (Å²) in [6.07, 6.45) is 2.13. The number of hydrogen-bond donors (Lipinski definition) is 0. The highest BCUT2D eigenvalue weighted by Gasteiger charge is 2.39. The van der Waals surface area contributed by atoms with Gasteiger partial charge in [0.15, 0.2) is 0 Å². The summed E-state index contributed by atoms with van der Waals surface area (Å²) in [5.74, 6) is -0.369. The fourth-order valence-corrected chi connectivity index (χ4v) is 4.13. The molecule has 2 unspecified atom stereocenters. The van der Waals surface area contributed by atoms with Crippen LogP contribution in [0.2, 0.25) is 0 Å². The summed E-state index contributed by atoms with van der Waals surface area (Å²) in [6, 6.07) is 17.0. The van der Waals surface area contributed by atoms with Gasteiger partial charge in [0.25, 0.3) is 0 Å². The molecule has 1 amide bonds. The van der Waals surface area contributed by atoms with Gasteiger partial charge in [-0.15, -0.1) is 0 Å². The first-order valence-electron chi connectivity index (χ1n) is 10.8. The zero-order valence-corrected chi connectivity index (χ0v) is 18.8. The van der Waals surface area contributed by atoms with Crippen LogP contribution in [0.1, 0.15) is 49.3 Å². The summed E-state index contributed by atoms with van der Waals surface area (Å²) in [7, 11) is 5.41. The third kappa shape index (κ3) is 5.44. The van der Waals surface area contributed by atoms with Crippen LogP contribution in [-0.2, 0) is 9.53 Å². The number of methoxy groups -OCH3 is 1. The zero-order valence-electron chi connectivity index (χ0n) is 18.8. The van der Waals surface area contributed by atoms with E-state index < -0.39 is 12.0 Å². The fourth-order valence-electron chi connectivity index (χ4n) is 4.13. The highest BCUT2D eigenvalue weighted by molar-refractivity contribution is 5.81. The molecule has 1 heterocycles. The lowest BCUT2D eigenvalue weighted by Crippen LogP contribution is -2.49. The molecule has 6 nitrogen and oxygen atoms in total. The van der Waals surface area contributed by atoms with E-state index in [1.165, 1.54) is 7.11 Å². The molecule has 2 aromatic rings. The van der Waals surface area contributed by atoms with Crippen molar-refractivity contribution in [2.24, 2.45) is 0 Å². The van der Waals surface area contributed by atoms with Gasteiger partial charge in [-0.2, -0.15) is 0 Å². The molecule has 1 aliphatic heterocycles. The monoisotopic (exact) mass is 424 g/mol. The molecule has 0 N–H and O–H groups in total. The smallest absolute Gasteiger partial charge is 0.415 e. The maximum absolute atomic E-state index is 13.2. The van der Waals surface area contributed by atoms with Gasteiger partial charge in [0, 0.05) is 12.6 Å². The summed E-state index contributed by atoms with van der Waals surface area (Å²) in [6.45, 7) is 2.65. The number of nitrogens with zero attached hydrogens (tertiary/aromatic N) is 2.